The number of nitrogens with one attached hydrogen (secondary N) is 1. The Hall–Kier alpha value is -1.36. The summed E-state index contributed by atoms with van der Waals surface area (Å²) in [6.07, 6.45) is 7.19. The smallest absolute Gasteiger partial charge is 0.224 e. The summed E-state index contributed by atoms with van der Waals surface area (Å²) < 4.78 is 0. The van der Waals surface area contributed by atoms with E-state index in [1.807, 2.05) is 25.8 Å². The van der Waals surface area contributed by atoms with Gasteiger partial charge in [0.05, 0.1) is 11.7 Å². The number of rotatable bonds is 5. The summed E-state index contributed by atoms with van der Waals surface area (Å²) in [7, 11) is 1.91. The fourth-order valence-corrected chi connectivity index (χ4v) is 3.55. The van der Waals surface area contributed by atoms with Crippen LogP contribution in [0, 0.1) is 13.8 Å². The van der Waals surface area contributed by atoms with E-state index >= 15 is 0 Å². The number of likely N-dealkylation sites (tertiary alicyclic amines) is 1. The topological polar surface area (TPSA) is 52.2 Å². The molecule has 2 heterocycles. The lowest BCUT2D eigenvalue weighted by Crippen LogP contribution is -2.35. The van der Waals surface area contributed by atoms with Crippen LogP contribution in [0.15, 0.2) is 0 Å². The van der Waals surface area contributed by atoms with Crippen molar-refractivity contribution < 1.29 is 4.79 Å². The lowest BCUT2D eigenvalue weighted by atomic mass is 10.0. The maximum Gasteiger partial charge on any atom is 0.224 e. The van der Waals surface area contributed by atoms with E-state index in [-0.39, 0.29) is 11.9 Å². The fraction of sp³-hybridized carbons (Fsp3) is 0.778. The van der Waals surface area contributed by atoms with Gasteiger partial charge >= 0.3 is 0 Å². The Morgan fingerprint density at radius 3 is 2.39 bits per heavy atom. The Bertz CT molecular complexity index is 484. The summed E-state index contributed by atoms with van der Waals surface area (Å²) in [5, 5.41) is 7.26. The summed E-state index contributed by atoms with van der Waals surface area (Å²) in [4.78, 5) is 16.9. The van der Waals surface area contributed by atoms with Crippen LogP contribution in [-0.4, -0.2) is 52.6 Å². The van der Waals surface area contributed by atoms with Crippen LogP contribution in [0.1, 0.15) is 68.4 Å². The van der Waals surface area contributed by atoms with Crippen LogP contribution < -0.4 is 0 Å². The van der Waals surface area contributed by atoms with Crippen molar-refractivity contribution in [2.75, 3.05) is 26.7 Å². The van der Waals surface area contributed by atoms with Gasteiger partial charge in [-0.25, -0.2) is 0 Å². The first-order chi connectivity index (χ1) is 11.0. The highest BCUT2D eigenvalue weighted by atomic mass is 16.2. The number of carbonyl (C=O) groups is 1. The van der Waals surface area contributed by atoms with Crippen LogP contribution in [0.4, 0.5) is 0 Å². The van der Waals surface area contributed by atoms with Crippen LogP contribution in [0.2, 0.25) is 0 Å². The Morgan fingerprint density at radius 2 is 1.83 bits per heavy atom. The Morgan fingerprint density at radius 1 is 1.22 bits per heavy atom. The third kappa shape index (κ3) is 4.80. The van der Waals surface area contributed by atoms with E-state index in [1.54, 1.807) is 0 Å². The number of aromatic amines is 1. The molecule has 1 aromatic rings. The minimum Gasteiger partial charge on any atom is -0.339 e. The average molecular weight is 320 g/mol. The highest BCUT2D eigenvalue weighted by molar-refractivity contribution is 5.76. The number of hydrogen-bond donors (Lipinski definition) is 1. The van der Waals surface area contributed by atoms with Crippen LogP contribution >= 0.6 is 0 Å². The zero-order valence-electron chi connectivity index (χ0n) is 15.2. The van der Waals surface area contributed by atoms with Gasteiger partial charge in [-0.1, -0.05) is 19.3 Å². The van der Waals surface area contributed by atoms with Crippen molar-refractivity contribution in [3.05, 3.63) is 17.0 Å². The monoisotopic (exact) mass is 320 g/mol. The molecule has 1 aliphatic heterocycles. The van der Waals surface area contributed by atoms with Gasteiger partial charge < -0.3 is 9.80 Å². The average Bonchev–Trinajstić information content (AvgIpc) is 2.83. The van der Waals surface area contributed by atoms with Gasteiger partial charge in [-0.15, -0.1) is 0 Å². The van der Waals surface area contributed by atoms with E-state index in [0.717, 1.165) is 36.6 Å². The van der Waals surface area contributed by atoms with E-state index in [4.69, 9.17) is 0 Å². The summed E-state index contributed by atoms with van der Waals surface area (Å²) in [6.45, 7) is 9.27. The standard InChI is InChI=1S/C18H32N4O/c1-14-18(15(2)20-19-14)16(3)21(4)17(23)10-13-22-11-8-6-5-7-9-12-22/h16H,5-13H2,1-4H3,(H,19,20). The van der Waals surface area contributed by atoms with Gasteiger partial charge in [0.1, 0.15) is 0 Å². The Labute approximate surface area is 140 Å². The summed E-state index contributed by atoms with van der Waals surface area (Å²) in [5.41, 5.74) is 3.18. The zero-order chi connectivity index (χ0) is 16.8. The molecule has 5 heteroatoms. The van der Waals surface area contributed by atoms with Gasteiger partial charge in [-0.2, -0.15) is 5.10 Å². The predicted octanol–water partition coefficient (Wildman–Crippen LogP) is 3.20. The third-order valence-corrected chi connectivity index (χ3v) is 5.17. The van der Waals surface area contributed by atoms with Gasteiger partial charge in [-0.3, -0.25) is 9.89 Å². The molecular formula is C18H32N4O. The molecule has 0 bridgehead atoms. The minimum absolute atomic E-state index is 0.0635. The molecule has 1 saturated heterocycles. The number of hydrogen-bond acceptors (Lipinski definition) is 3. The molecule has 2 rings (SSSR count). The van der Waals surface area contributed by atoms with Crippen LogP contribution in [0.5, 0.6) is 0 Å². The van der Waals surface area contributed by atoms with Crippen molar-refractivity contribution >= 4 is 5.91 Å². The second-order valence-corrected chi connectivity index (χ2v) is 6.89. The van der Waals surface area contributed by atoms with Crippen molar-refractivity contribution in [3.63, 3.8) is 0 Å². The fourth-order valence-electron chi connectivity index (χ4n) is 3.55. The van der Waals surface area contributed by atoms with Crippen LogP contribution in [0.25, 0.3) is 0 Å². The van der Waals surface area contributed by atoms with Crippen molar-refractivity contribution in [1.82, 2.24) is 20.0 Å². The number of aryl methyl sites for hydroxylation is 2. The Balaban J connectivity index is 1.86. The molecule has 1 fully saturated rings. The lowest BCUT2D eigenvalue weighted by molar-refractivity contribution is -0.132. The van der Waals surface area contributed by atoms with Gasteiger partial charge in [-0.05, 0) is 46.7 Å². The molecule has 0 aliphatic carbocycles. The summed E-state index contributed by atoms with van der Waals surface area (Å²) in [5.74, 6) is 0.222. The van der Waals surface area contributed by atoms with Crippen molar-refractivity contribution in [3.8, 4) is 0 Å². The highest BCUT2D eigenvalue weighted by Gasteiger charge is 2.22. The normalized spacial score (nSPS) is 18.3. The molecule has 1 N–H and O–H groups in total. The first-order valence-electron chi connectivity index (χ1n) is 9.00. The maximum absolute atomic E-state index is 12.6. The molecule has 5 nitrogen and oxygen atoms in total. The van der Waals surface area contributed by atoms with Gasteiger partial charge in [0.15, 0.2) is 0 Å². The Kier molecular flexibility index (Phi) is 6.63. The molecule has 0 saturated carbocycles. The number of aromatic nitrogens is 2. The van der Waals surface area contributed by atoms with Crippen LogP contribution in [0.3, 0.4) is 0 Å². The second-order valence-electron chi connectivity index (χ2n) is 6.89. The van der Waals surface area contributed by atoms with E-state index in [9.17, 15) is 4.79 Å². The largest absolute Gasteiger partial charge is 0.339 e. The molecule has 23 heavy (non-hydrogen) atoms. The molecule has 1 unspecified atom stereocenters. The lowest BCUT2D eigenvalue weighted by Gasteiger charge is -2.28. The predicted molar refractivity (Wildman–Crippen MR) is 93.4 cm³/mol. The van der Waals surface area contributed by atoms with Crippen LogP contribution in [-0.2, 0) is 4.79 Å². The van der Waals surface area contributed by atoms with E-state index in [2.05, 4.69) is 22.0 Å². The molecule has 1 atom stereocenters. The molecule has 1 amide bonds. The number of nitrogens with zero attached hydrogens (tertiary/aromatic N) is 3. The molecule has 0 aromatic carbocycles. The molecule has 0 radical (unpaired) electrons. The third-order valence-electron chi connectivity index (χ3n) is 5.17. The molecule has 0 spiro atoms. The van der Waals surface area contributed by atoms with Crippen molar-refractivity contribution in [2.45, 2.75) is 65.3 Å². The zero-order valence-corrected chi connectivity index (χ0v) is 15.2. The van der Waals surface area contributed by atoms with Gasteiger partial charge in [0.25, 0.3) is 0 Å². The summed E-state index contributed by atoms with van der Waals surface area (Å²) >= 11 is 0. The van der Waals surface area contributed by atoms with Crippen molar-refractivity contribution in [2.24, 2.45) is 0 Å². The molecular weight excluding hydrogens is 288 g/mol. The van der Waals surface area contributed by atoms with E-state index in [1.165, 1.54) is 32.1 Å². The second kappa shape index (κ2) is 8.48. The van der Waals surface area contributed by atoms with E-state index in [0.29, 0.717) is 6.42 Å². The maximum atomic E-state index is 12.6. The van der Waals surface area contributed by atoms with Gasteiger partial charge in [0.2, 0.25) is 5.91 Å². The minimum atomic E-state index is 0.0635. The molecule has 1 aromatic heterocycles. The first kappa shape index (κ1) is 18.0. The first-order valence-corrected chi connectivity index (χ1v) is 9.00. The van der Waals surface area contributed by atoms with E-state index < -0.39 is 0 Å². The quantitative estimate of drug-likeness (QED) is 0.906. The SMILES string of the molecule is Cc1n[nH]c(C)c1C(C)N(C)C(=O)CCN1CCCCCCC1. The number of amides is 1. The van der Waals surface area contributed by atoms with Crippen molar-refractivity contribution in [1.29, 1.82) is 0 Å². The number of H-pyrrole nitrogens is 1. The molecule has 130 valence electrons. The summed E-state index contributed by atoms with van der Waals surface area (Å²) in [6, 6.07) is 0.0635. The van der Waals surface area contributed by atoms with Gasteiger partial charge in [0, 0.05) is 31.3 Å². The highest BCUT2D eigenvalue weighted by Crippen LogP contribution is 2.24. The molecule has 1 aliphatic rings. The number of carbonyl (C=O) groups excluding carboxylic acids is 1.